The SMILES string of the molecule is CCCCN1C(=O)C(=O)N(Cc2coc(-c3ccc(C)cc3)n2)C1=O. The number of benzene rings is 1. The van der Waals surface area contributed by atoms with Crippen LogP contribution in [0.2, 0.25) is 0 Å². The molecule has 2 aromatic rings. The van der Waals surface area contributed by atoms with Crippen LogP contribution in [0.3, 0.4) is 0 Å². The number of aromatic nitrogens is 1. The first-order chi connectivity index (χ1) is 12.0. The van der Waals surface area contributed by atoms with Gasteiger partial charge < -0.3 is 4.42 Å². The first kappa shape index (κ1) is 16.9. The lowest BCUT2D eigenvalue weighted by atomic mass is 10.1. The molecule has 0 aliphatic carbocycles. The molecule has 3 rings (SSSR count). The topological polar surface area (TPSA) is 83.7 Å². The van der Waals surface area contributed by atoms with Crippen molar-refractivity contribution < 1.29 is 18.8 Å². The average Bonchev–Trinajstić information content (AvgIpc) is 3.14. The summed E-state index contributed by atoms with van der Waals surface area (Å²) in [6.07, 6.45) is 2.89. The van der Waals surface area contributed by atoms with Gasteiger partial charge in [-0.2, -0.15) is 0 Å². The quantitative estimate of drug-likeness (QED) is 0.596. The number of aryl methyl sites for hydroxylation is 1. The second-order valence-electron chi connectivity index (χ2n) is 5.99. The maximum absolute atomic E-state index is 12.3. The molecule has 0 atom stereocenters. The highest BCUT2D eigenvalue weighted by Crippen LogP contribution is 2.21. The third-order valence-corrected chi connectivity index (χ3v) is 4.04. The number of amides is 4. The Morgan fingerprint density at radius 1 is 1.04 bits per heavy atom. The highest BCUT2D eigenvalue weighted by molar-refractivity contribution is 6.44. The van der Waals surface area contributed by atoms with Crippen molar-refractivity contribution in [1.82, 2.24) is 14.8 Å². The summed E-state index contributed by atoms with van der Waals surface area (Å²) >= 11 is 0. The van der Waals surface area contributed by atoms with Crippen LogP contribution in [0.5, 0.6) is 0 Å². The minimum atomic E-state index is -0.819. The predicted octanol–water partition coefficient (Wildman–Crippen LogP) is 2.74. The number of hydrogen-bond acceptors (Lipinski definition) is 5. The van der Waals surface area contributed by atoms with Gasteiger partial charge in [-0.3, -0.25) is 14.5 Å². The van der Waals surface area contributed by atoms with E-state index >= 15 is 0 Å². The number of hydrogen-bond donors (Lipinski definition) is 0. The molecule has 0 bridgehead atoms. The molecule has 1 fully saturated rings. The van der Waals surface area contributed by atoms with Crippen LogP contribution in [0.1, 0.15) is 31.0 Å². The third-order valence-electron chi connectivity index (χ3n) is 4.04. The van der Waals surface area contributed by atoms with E-state index in [0.29, 0.717) is 18.0 Å². The molecule has 0 radical (unpaired) electrons. The van der Waals surface area contributed by atoms with E-state index in [9.17, 15) is 14.4 Å². The molecule has 4 amide bonds. The molecule has 7 nitrogen and oxygen atoms in total. The van der Waals surface area contributed by atoms with Crippen molar-refractivity contribution in [3.63, 3.8) is 0 Å². The summed E-state index contributed by atoms with van der Waals surface area (Å²) in [5.74, 6) is -1.19. The number of carbonyl (C=O) groups excluding carboxylic acids is 3. The molecule has 1 saturated heterocycles. The molecule has 25 heavy (non-hydrogen) atoms. The van der Waals surface area contributed by atoms with Crippen molar-refractivity contribution >= 4 is 17.8 Å². The van der Waals surface area contributed by atoms with Crippen LogP contribution in [-0.4, -0.2) is 39.2 Å². The van der Waals surface area contributed by atoms with Gasteiger partial charge in [-0.15, -0.1) is 0 Å². The largest absolute Gasteiger partial charge is 0.444 e. The van der Waals surface area contributed by atoms with Gasteiger partial charge in [0.25, 0.3) is 0 Å². The van der Waals surface area contributed by atoms with Gasteiger partial charge in [0, 0.05) is 12.1 Å². The van der Waals surface area contributed by atoms with Gasteiger partial charge in [-0.05, 0) is 25.5 Å². The first-order valence-corrected chi connectivity index (χ1v) is 8.20. The molecule has 0 unspecified atom stereocenters. The summed E-state index contributed by atoms with van der Waals surface area (Å²) in [5, 5.41) is 0. The van der Waals surface area contributed by atoms with Gasteiger partial charge in [0.05, 0.1) is 12.2 Å². The molecular formula is C18H19N3O4. The summed E-state index contributed by atoms with van der Waals surface area (Å²) in [4.78, 5) is 42.5. The molecule has 0 saturated carbocycles. The monoisotopic (exact) mass is 341 g/mol. The second-order valence-corrected chi connectivity index (χ2v) is 5.99. The molecule has 1 aromatic carbocycles. The Balaban J connectivity index is 1.74. The minimum Gasteiger partial charge on any atom is -0.444 e. The fourth-order valence-electron chi connectivity index (χ4n) is 2.57. The minimum absolute atomic E-state index is 0.0820. The fourth-order valence-corrected chi connectivity index (χ4v) is 2.57. The van der Waals surface area contributed by atoms with E-state index in [4.69, 9.17) is 4.42 Å². The number of urea groups is 1. The maximum atomic E-state index is 12.3. The van der Waals surface area contributed by atoms with Gasteiger partial charge in [-0.1, -0.05) is 31.0 Å². The number of oxazole rings is 1. The summed E-state index contributed by atoms with van der Waals surface area (Å²) in [7, 11) is 0. The Morgan fingerprint density at radius 3 is 2.40 bits per heavy atom. The summed E-state index contributed by atoms with van der Waals surface area (Å²) in [6, 6.07) is 7.05. The number of unbranched alkanes of at least 4 members (excludes halogenated alkanes) is 1. The van der Waals surface area contributed by atoms with Gasteiger partial charge >= 0.3 is 17.8 Å². The lowest BCUT2D eigenvalue weighted by Crippen LogP contribution is -2.33. The van der Waals surface area contributed by atoms with E-state index in [1.54, 1.807) is 0 Å². The molecule has 1 aliphatic rings. The normalized spacial score (nSPS) is 14.7. The average molecular weight is 341 g/mol. The van der Waals surface area contributed by atoms with Gasteiger partial charge in [-0.25, -0.2) is 14.7 Å². The summed E-state index contributed by atoms with van der Waals surface area (Å²) < 4.78 is 5.43. The van der Waals surface area contributed by atoms with Crippen molar-refractivity contribution in [3.05, 3.63) is 41.8 Å². The Kier molecular flexibility index (Phi) is 4.65. The van der Waals surface area contributed by atoms with Gasteiger partial charge in [0.1, 0.15) is 6.26 Å². The zero-order valence-corrected chi connectivity index (χ0v) is 14.2. The van der Waals surface area contributed by atoms with Crippen LogP contribution in [0.25, 0.3) is 11.5 Å². The van der Waals surface area contributed by atoms with Crippen molar-refractivity contribution in [2.75, 3.05) is 6.54 Å². The smallest absolute Gasteiger partial charge is 0.334 e. The van der Waals surface area contributed by atoms with Gasteiger partial charge in [0.2, 0.25) is 5.89 Å². The van der Waals surface area contributed by atoms with Gasteiger partial charge in [0.15, 0.2) is 0 Å². The molecule has 2 heterocycles. The van der Waals surface area contributed by atoms with E-state index in [1.807, 2.05) is 38.1 Å². The lowest BCUT2D eigenvalue weighted by Gasteiger charge is -2.13. The van der Waals surface area contributed by atoms with E-state index in [-0.39, 0.29) is 13.1 Å². The zero-order chi connectivity index (χ0) is 18.0. The fraction of sp³-hybridized carbons (Fsp3) is 0.333. The molecule has 130 valence electrons. The van der Waals surface area contributed by atoms with Crippen LogP contribution in [-0.2, 0) is 16.1 Å². The lowest BCUT2D eigenvalue weighted by molar-refractivity contribution is -0.143. The Hall–Kier alpha value is -2.96. The highest BCUT2D eigenvalue weighted by atomic mass is 16.3. The summed E-state index contributed by atoms with van der Waals surface area (Å²) in [6.45, 7) is 4.11. The molecule has 1 aromatic heterocycles. The third kappa shape index (κ3) is 3.31. The highest BCUT2D eigenvalue weighted by Gasteiger charge is 2.44. The van der Waals surface area contributed by atoms with Crippen LogP contribution in [0.15, 0.2) is 34.9 Å². The van der Waals surface area contributed by atoms with E-state index < -0.39 is 17.8 Å². The Bertz CT molecular complexity index is 810. The number of carbonyl (C=O) groups is 3. The standard InChI is InChI=1S/C18H19N3O4/c1-3-4-9-20-16(22)17(23)21(18(20)24)10-14-11-25-15(19-14)13-7-5-12(2)6-8-13/h5-8,11H,3-4,9-10H2,1-2H3. The molecule has 0 spiro atoms. The van der Waals surface area contributed by atoms with Crippen molar-refractivity contribution in [3.8, 4) is 11.5 Å². The summed E-state index contributed by atoms with van der Waals surface area (Å²) in [5.41, 5.74) is 2.34. The Labute approximate surface area is 145 Å². The number of nitrogens with zero attached hydrogens (tertiary/aromatic N) is 3. The molecule has 1 aliphatic heterocycles. The molecule has 7 heteroatoms. The first-order valence-electron chi connectivity index (χ1n) is 8.20. The van der Waals surface area contributed by atoms with E-state index in [0.717, 1.165) is 27.3 Å². The molecule has 0 N–H and O–H groups in total. The van der Waals surface area contributed by atoms with E-state index in [1.165, 1.54) is 6.26 Å². The predicted molar refractivity (Wildman–Crippen MR) is 89.2 cm³/mol. The van der Waals surface area contributed by atoms with Crippen molar-refractivity contribution in [2.45, 2.75) is 33.2 Å². The molecular weight excluding hydrogens is 322 g/mol. The van der Waals surface area contributed by atoms with Crippen LogP contribution in [0, 0.1) is 6.92 Å². The second kappa shape index (κ2) is 6.88. The van der Waals surface area contributed by atoms with Crippen LogP contribution in [0.4, 0.5) is 4.79 Å². The maximum Gasteiger partial charge on any atom is 0.334 e. The Morgan fingerprint density at radius 2 is 1.72 bits per heavy atom. The number of rotatable bonds is 6. The van der Waals surface area contributed by atoms with Crippen molar-refractivity contribution in [2.24, 2.45) is 0 Å². The number of imide groups is 2. The van der Waals surface area contributed by atoms with Crippen LogP contribution < -0.4 is 0 Å². The van der Waals surface area contributed by atoms with Crippen molar-refractivity contribution in [1.29, 1.82) is 0 Å². The zero-order valence-electron chi connectivity index (χ0n) is 14.2. The van der Waals surface area contributed by atoms with Crippen LogP contribution >= 0.6 is 0 Å². The van der Waals surface area contributed by atoms with E-state index in [2.05, 4.69) is 4.98 Å².